The van der Waals surface area contributed by atoms with Gasteiger partial charge in [-0.3, -0.25) is 14.5 Å². The molecule has 0 bridgehead atoms. The zero-order valence-electron chi connectivity index (χ0n) is 9.86. The van der Waals surface area contributed by atoms with Crippen LogP contribution in [0.3, 0.4) is 0 Å². The number of aliphatic carboxylic acids is 1. The van der Waals surface area contributed by atoms with E-state index in [0.717, 1.165) is 13.0 Å². The Morgan fingerprint density at radius 2 is 2.06 bits per heavy atom. The van der Waals surface area contributed by atoms with Crippen molar-refractivity contribution < 1.29 is 9.90 Å². The molecule has 0 atom stereocenters. The number of nitrogens with zero attached hydrogens (tertiary/aromatic N) is 4. The molecule has 2 aromatic heterocycles. The van der Waals surface area contributed by atoms with E-state index in [4.69, 9.17) is 5.11 Å². The topological polar surface area (TPSA) is 80.9 Å². The molecule has 0 unspecified atom stereocenters. The van der Waals surface area contributed by atoms with Crippen LogP contribution in [-0.4, -0.2) is 31.1 Å². The number of aromatic nitrogens is 4. The van der Waals surface area contributed by atoms with Crippen molar-refractivity contribution in [2.75, 3.05) is 0 Å². The fourth-order valence-electron chi connectivity index (χ4n) is 1.59. The van der Waals surface area contributed by atoms with Gasteiger partial charge in [0, 0.05) is 31.6 Å². The molecule has 0 spiro atoms. The number of rotatable bonds is 6. The second kappa shape index (κ2) is 5.90. The molecule has 0 aromatic carbocycles. The molecule has 2 rings (SSSR count). The number of carboxylic acid groups (broad SMARTS) is 1. The van der Waals surface area contributed by atoms with Crippen molar-refractivity contribution in [1.29, 1.82) is 0 Å². The van der Waals surface area contributed by atoms with Gasteiger partial charge in [-0.25, -0.2) is 0 Å². The Kier molecular flexibility index (Phi) is 4.01. The Labute approximate surface area is 104 Å². The summed E-state index contributed by atoms with van der Waals surface area (Å²) in [6.07, 6.45) is 6.67. The molecule has 6 nitrogen and oxygen atoms in total. The van der Waals surface area contributed by atoms with Gasteiger partial charge in [-0.2, -0.15) is 0 Å². The second-order valence-electron chi connectivity index (χ2n) is 3.97. The quantitative estimate of drug-likeness (QED) is 0.820. The van der Waals surface area contributed by atoms with Gasteiger partial charge in [-0.15, -0.1) is 5.10 Å². The zero-order valence-corrected chi connectivity index (χ0v) is 9.86. The number of aryl methyl sites for hydroxylation is 3. The Bertz CT molecular complexity index is 510. The van der Waals surface area contributed by atoms with Crippen LogP contribution in [0.25, 0.3) is 0 Å². The van der Waals surface area contributed by atoms with Gasteiger partial charge in [0.1, 0.15) is 0 Å². The average molecular weight is 246 g/mol. The summed E-state index contributed by atoms with van der Waals surface area (Å²) >= 11 is 0. The Morgan fingerprint density at radius 3 is 2.78 bits per heavy atom. The third kappa shape index (κ3) is 3.65. The largest absolute Gasteiger partial charge is 0.481 e. The Morgan fingerprint density at radius 1 is 1.28 bits per heavy atom. The number of hydrogen-bond donors (Lipinski definition) is 1. The van der Waals surface area contributed by atoms with Crippen molar-refractivity contribution in [3.8, 4) is 0 Å². The zero-order chi connectivity index (χ0) is 12.8. The van der Waals surface area contributed by atoms with Gasteiger partial charge >= 0.3 is 5.97 Å². The molecule has 0 radical (unpaired) electrons. The van der Waals surface area contributed by atoms with E-state index in [1.165, 1.54) is 5.56 Å². The first-order chi connectivity index (χ1) is 8.74. The molecule has 0 aliphatic carbocycles. The smallest absolute Gasteiger partial charge is 0.303 e. The summed E-state index contributed by atoms with van der Waals surface area (Å²) in [7, 11) is 0. The van der Waals surface area contributed by atoms with Gasteiger partial charge < -0.3 is 5.11 Å². The molecule has 0 amide bonds. The monoisotopic (exact) mass is 246 g/mol. The standard InChI is InChI=1S/C12H14N4O2/c17-12(18)2-1-11-9-16(15-14-11)8-5-10-3-6-13-7-4-10/h3-4,6-7,9H,1-2,5,8H2,(H,17,18). The first-order valence-corrected chi connectivity index (χ1v) is 5.74. The minimum absolute atomic E-state index is 0.0864. The van der Waals surface area contributed by atoms with Crippen LogP contribution < -0.4 is 0 Å². The van der Waals surface area contributed by atoms with E-state index >= 15 is 0 Å². The molecule has 1 N–H and O–H groups in total. The predicted octanol–water partition coefficient (Wildman–Crippen LogP) is 0.933. The van der Waals surface area contributed by atoms with Gasteiger partial charge in [0.15, 0.2) is 0 Å². The summed E-state index contributed by atoms with van der Waals surface area (Å²) in [6, 6.07) is 3.92. The van der Waals surface area contributed by atoms with Crippen molar-refractivity contribution in [3.05, 3.63) is 42.0 Å². The van der Waals surface area contributed by atoms with Gasteiger partial charge in [-0.05, 0) is 24.1 Å². The average Bonchev–Trinajstić information content (AvgIpc) is 2.83. The molecule has 2 aromatic rings. The predicted molar refractivity (Wildman–Crippen MR) is 63.9 cm³/mol. The number of carboxylic acids is 1. The van der Waals surface area contributed by atoms with E-state index in [1.54, 1.807) is 23.3 Å². The van der Waals surface area contributed by atoms with Gasteiger partial charge in [0.2, 0.25) is 0 Å². The maximum Gasteiger partial charge on any atom is 0.303 e. The van der Waals surface area contributed by atoms with Crippen LogP contribution in [0.2, 0.25) is 0 Å². The van der Waals surface area contributed by atoms with Crippen molar-refractivity contribution in [2.45, 2.75) is 25.8 Å². The summed E-state index contributed by atoms with van der Waals surface area (Å²) in [5.74, 6) is -0.818. The van der Waals surface area contributed by atoms with Crippen LogP contribution in [0.4, 0.5) is 0 Å². The van der Waals surface area contributed by atoms with E-state index in [2.05, 4.69) is 15.3 Å². The number of hydrogen-bond acceptors (Lipinski definition) is 4. The molecule has 0 fully saturated rings. The van der Waals surface area contributed by atoms with E-state index in [0.29, 0.717) is 12.1 Å². The third-order valence-corrected chi connectivity index (χ3v) is 2.56. The Hall–Kier alpha value is -2.24. The molecular formula is C12H14N4O2. The molecule has 6 heteroatoms. The van der Waals surface area contributed by atoms with E-state index in [1.807, 2.05) is 12.1 Å². The second-order valence-corrected chi connectivity index (χ2v) is 3.97. The SMILES string of the molecule is O=C(O)CCc1cn(CCc2ccncc2)nn1. The lowest BCUT2D eigenvalue weighted by molar-refractivity contribution is -0.136. The van der Waals surface area contributed by atoms with Gasteiger partial charge in [0.25, 0.3) is 0 Å². The molecule has 0 saturated heterocycles. The van der Waals surface area contributed by atoms with Crippen LogP contribution >= 0.6 is 0 Å². The summed E-state index contributed by atoms with van der Waals surface area (Å²) in [5.41, 5.74) is 1.90. The lowest BCUT2D eigenvalue weighted by atomic mass is 10.2. The van der Waals surface area contributed by atoms with Crippen LogP contribution in [0.15, 0.2) is 30.7 Å². The minimum atomic E-state index is -0.818. The fraction of sp³-hybridized carbons (Fsp3) is 0.333. The molecule has 0 aliphatic heterocycles. The van der Waals surface area contributed by atoms with E-state index < -0.39 is 5.97 Å². The summed E-state index contributed by atoms with van der Waals surface area (Å²) in [5, 5.41) is 16.5. The summed E-state index contributed by atoms with van der Waals surface area (Å²) < 4.78 is 1.73. The van der Waals surface area contributed by atoms with Gasteiger partial charge in [0.05, 0.1) is 12.1 Å². The normalized spacial score (nSPS) is 10.4. The maximum atomic E-state index is 10.4. The summed E-state index contributed by atoms with van der Waals surface area (Å²) in [4.78, 5) is 14.4. The Balaban J connectivity index is 1.85. The molecule has 0 saturated carbocycles. The first-order valence-electron chi connectivity index (χ1n) is 5.74. The van der Waals surface area contributed by atoms with Crippen LogP contribution in [0, 0.1) is 0 Å². The molecule has 18 heavy (non-hydrogen) atoms. The molecule has 94 valence electrons. The highest BCUT2D eigenvalue weighted by molar-refractivity contribution is 5.66. The van der Waals surface area contributed by atoms with Crippen molar-refractivity contribution in [1.82, 2.24) is 20.0 Å². The highest BCUT2D eigenvalue weighted by Gasteiger charge is 2.04. The van der Waals surface area contributed by atoms with Crippen molar-refractivity contribution in [3.63, 3.8) is 0 Å². The third-order valence-electron chi connectivity index (χ3n) is 2.56. The van der Waals surface area contributed by atoms with Gasteiger partial charge in [-0.1, -0.05) is 5.21 Å². The molecule has 2 heterocycles. The first kappa shape index (κ1) is 12.2. The van der Waals surface area contributed by atoms with Crippen molar-refractivity contribution >= 4 is 5.97 Å². The van der Waals surface area contributed by atoms with E-state index in [9.17, 15) is 4.79 Å². The van der Waals surface area contributed by atoms with E-state index in [-0.39, 0.29) is 6.42 Å². The number of carbonyl (C=O) groups is 1. The maximum absolute atomic E-state index is 10.4. The lowest BCUT2D eigenvalue weighted by Crippen LogP contribution is -2.02. The van der Waals surface area contributed by atoms with Crippen molar-refractivity contribution in [2.24, 2.45) is 0 Å². The highest BCUT2D eigenvalue weighted by Crippen LogP contribution is 2.02. The highest BCUT2D eigenvalue weighted by atomic mass is 16.4. The number of pyridine rings is 1. The minimum Gasteiger partial charge on any atom is -0.481 e. The van der Waals surface area contributed by atoms with Crippen LogP contribution in [0.5, 0.6) is 0 Å². The molecule has 0 aliphatic rings. The fourth-order valence-corrected chi connectivity index (χ4v) is 1.59. The van der Waals surface area contributed by atoms with Crippen LogP contribution in [0.1, 0.15) is 17.7 Å². The summed E-state index contributed by atoms with van der Waals surface area (Å²) in [6.45, 7) is 0.726. The lowest BCUT2D eigenvalue weighted by Gasteiger charge is -2.00. The van der Waals surface area contributed by atoms with Crippen LogP contribution in [-0.2, 0) is 24.2 Å². The molecular weight excluding hydrogens is 232 g/mol.